The maximum absolute atomic E-state index is 5.57. The van der Waals surface area contributed by atoms with Gasteiger partial charge in [-0.05, 0) is 55.9 Å². The number of hydrogen-bond donors (Lipinski definition) is 2. The summed E-state index contributed by atoms with van der Waals surface area (Å²) in [4.78, 5) is 13.7. The van der Waals surface area contributed by atoms with Crippen LogP contribution in [0.5, 0.6) is 5.75 Å². The molecule has 1 aromatic carbocycles. The summed E-state index contributed by atoms with van der Waals surface area (Å²) in [6.45, 7) is 5.97. The monoisotopic (exact) mass is 433 g/mol. The Kier molecular flexibility index (Phi) is 6.32. The molecule has 0 aliphatic carbocycles. The Morgan fingerprint density at radius 1 is 1.13 bits per heavy atom. The molecular formula is C22H23N7OS. The molecule has 3 heterocycles. The smallest absolute Gasteiger partial charge is 0.180 e. The van der Waals surface area contributed by atoms with Crippen molar-refractivity contribution in [2.45, 2.75) is 20.4 Å². The molecule has 0 amide bonds. The van der Waals surface area contributed by atoms with Crippen LogP contribution >= 0.6 is 12.2 Å². The largest absolute Gasteiger partial charge is 0.494 e. The molecule has 4 rings (SSSR count). The number of rotatable bonds is 7. The van der Waals surface area contributed by atoms with E-state index in [4.69, 9.17) is 17.0 Å². The normalized spacial score (nSPS) is 10.8. The minimum absolute atomic E-state index is 0.521. The van der Waals surface area contributed by atoms with Crippen LogP contribution in [0.15, 0.2) is 55.0 Å². The molecule has 0 saturated carbocycles. The highest BCUT2D eigenvalue weighted by atomic mass is 32.1. The first-order chi connectivity index (χ1) is 15.1. The number of pyridine rings is 1. The molecule has 0 fully saturated rings. The molecule has 0 radical (unpaired) electrons. The van der Waals surface area contributed by atoms with Crippen molar-refractivity contribution in [2.75, 3.05) is 18.5 Å². The average Bonchev–Trinajstić information content (AvgIpc) is 3.22. The number of nitrogens with zero attached hydrogens (tertiary/aromatic N) is 5. The van der Waals surface area contributed by atoms with E-state index in [1.165, 1.54) is 0 Å². The van der Waals surface area contributed by atoms with Gasteiger partial charge in [-0.3, -0.25) is 9.67 Å². The van der Waals surface area contributed by atoms with Crippen molar-refractivity contribution >= 4 is 34.3 Å². The lowest BCUT2D eigenvalue weighted by molar-refractivity contribution is 0.340. The van der Waals surface area contributed by atoms with E-state index in [2.05, 4.69) is 36.8 Å². The van der Waals surface area contributed by atoms with Crippen LogP contribution in [0.1, 0.15) is 19.4 Å². The van der Waals surface area contributed by atoms with Crippen molar-refractivity contribution in [1.82, 2.24) is 30.0 Å². The van der Waals surface area contributed by atoms with E-state index in [1.807, 2.05) is 55.1 Å². The average molecular weight is 434 g/mol. The van der Waals surface area contributed by atoms with Gasteiger partial charge in [0.15, 0.2) is 10.8 Å². The predicted molar refractivity (Wildman–Crippen MR) is 125 cm³/mol. The van der Waals surface area contributed by atoms with Gasteiger partial charge in [0, 0.05) is 18.3 Å². The van der Waals surface area contributed by atoms with E-state index >= 15 is 0 Å². The van der Waals surface area contributed by atoms with Crippen molar-refractivity contribution in [3.8, 4) is 17.0 Å². The third kappa shape index (κ3) is 5.13. The zero-order valence-corrected chi connectivity index (χ0v) is 18.2. The van der Waals surface area contributed by atoms with Gasteiger partial charge in [-0.15, -0.1) is 0 Å². The molecule has 0 atom stereocenters. The second-order valence-electron chi connectivity index (χ2n) is 6.79. The van der Waals surface area contributed by atoms with Gasteiger partial charge in [-0.2, -0.15) is 5.10 Å². The van der Waals surface area contributed by atoms with Crippen molar-refractivity contribution in [2.24, 2.45) is 0 Å². The maximum atomic E-state index is 5.57. The van der Waals surface area contributed by atoms with Gasteiger partial charge in [-0.25, -0.2) is 9.97 Å². The number of hydrogen-bond acceptors (Lipinski definition) is 6. The van der Waals surface area contributed by atoms with Gasteiger partial charge in [0.1, 0.15) is 17.1 Å². The standard InChI is InChI=1S/C22H23N7OS/c1-3-23-22(31)28-20-9-8-18-21(27-20)26-19(12-24-18)16-11-25-29(14-16)13-15-6-5-7-17(10-15)30-4-2/h5-12,14H,3-4,13H2,1-2H3,(H2,23,26,27,28,31). The summed E-state index contributed by atoms with van der Waals surface area (Å²) in [6, 6.07) is 11.7. The zero-order valence-electron chi connectivity index (χ0n) is 17.4. The summed E-state index contributed by atoms with van der Waals surface area (Å²) < 4.78 is 7.44. The number of fused-ring (bicyclic) bond motifs is 1. The summed E-state index contributed by atoms with van der Waals surface area (Å²) in [5, 5.41) is 11.1. The molecule has 8 nitrogen and oxygen atoms in total. The lowest BCUT2D eigenvalue weighted by Gasteiger charge is -2.08. The molecule has 0 aliphatic rings. The lowest BCUT2D eigenvalue weighted by Crippen LogP contribution is -2.28. The molecule has 2 N–H and O–H groups in total. The molecule has 0 aliphatic heterocycles. The molecule has 0 spiro atoms. The van der Waals surface area contributed by atoms with Crippen molar-refractivity contribution in [1.29, 1.82) is 0 Å². The van der Waals surface area contributed by atoms with Crippen LogP contribution in [0.2, 0.25) is 0 Å². The first kappa shape index (κ1) is 20.7. The number of ether oxygens (including phenoxy) is 1. The molecule has 3 aromatic heterocycles. The van der Waals surface area contributed by atoms with Crippen LogP contribution in [0.3, 0.4) is 0 Å². The van der Waals surface area contributed by atoms with Gasteiger partial charge in [-0.1, -0.05) is 12.1 Å². The van der Waals surface area contributed by atoms with Gasteiger partial charge in [0.2, 0.25) is 0 Å². The summed E-state index contributed by atoms with van der Waals surface area (Å²) in [6.07, 6.45) is 5.47. The predicted octanol–water partition coefficient (Wildman–Crippen LogP) is 3.64. The molecule has 9 heteroatoms. The van der Waals surface area contributed by atoms with E-state index in [0.717, 1.165) is 23.4 Å². The summed E-state index contributed by atoms with van der Waals surface area (Å²) in [7, 11) is 0. The fraction of sp³-hybridized carbons (Fsp3) is 0.227. The van der Waals surface area contributed by atoms with Crippen LogP contribution in [0, 0.1) is 0 Å². The summed E-state index contributed by atoms with van der Waals surface area (Å²) in [5.74, 6) is 1.48. The van der Waals surface area contributed by atoms with Crippen molar-refractivity contribution < 1.29 is 4.74 Å². The van der Waals surface area contributed by atoms with Gasteiger partial charge in [0.25, 0.3) is 0 Å². The third-order valence-corrected chi connectivity index (χ3v) is 4.72. The highest BCUT2D eigenvalue weighted by Gasteiger charge is 2.09. The Morgan fingerprint density at radius 2 is 2.03 bits per heavy atom. The fourth-order valence-electron chi connectivity index (χ4n) is 3.10. The fourth-order valence-corrected chi connectivity index (χ4v) is 3.35. The van der Waals surface area contributed by atoms with E-state index in [9.17, 15) is 0 Å². The number of aromatic nitrogens is 5. The molecule has 0 bridgehead atoms. The molecule has 158 valence electrons. The Balaban J connectivity index is 1.54. The van der Waals surface area contributed by atoms with Crippen molar-refractivity contribution in [3.63, 3.8) is 0 Å². The minimum atomic E-state index is 0.521. The number of anilines is 1. The third-order valence-electron chi connectivity index (χ3n) is 4.47. The summed E-state index contributed by atoms with van der Waals surface area (Å²) in [5.41, 5.74) is 3.95. The molecule has 0 unspecified atom stereocenters. The highest BCUT2D eigenvalue weighted by molar-refractivity contribution is 7.80. The zero-order chi connectivity index (χ0) is 21.6. The van der Waals surface area contributed by atoms with Crippen LogP contribution in [-0.4, -0.2) is 43.0 Å². The molecular weight excluding hydrogens is 410 g/mol. The Labute approximate surface area is 185 Å². The minimum Gasteiger partial charge on any atom is -0.494 e. The first-order valence-corrected chi connectivity index (χ1v) is 10.5. The van der Waals surface area contributed by atoms with Gasteiger partial charge < -0.3 is 15.4 Å². The molecule has 31 heavy (non-hydrogen) atoms. The van der Waals surface area contributed by atoms with E-state index < -0.39 is 0 Å². The summed E-state index contributed by atoms with van der Waals surface area (Å²) >= 11 is 5.22. The van der Waals surface area contributed by atoms with Crippen LogP contribution in [0.4, 0.5) is 5.82 Å². The Bertz CT molecular complexity index is 1210. The topological polar surface area (TPSA) is 89.8 Å². The van der Waals surface area contributed by atoms with Crippen LogP contribution < -0.4 is 15.4 Å². The Morgan fingerprint density at radius 3 is 2.87 bits per heavy atom. The van der Waals surface area contributed by atoms with E-state index in [0.29, 0.717) is 40.9 Å². The maximum Gasteiger partial charge on any atom is 0.180 e. The molecule has 4 aromatic rings. The van der Waals surface area contributed by atoms with E-state index in [1.54, 1.807) is 12.4 Å². The first-order valence-electron chi connectivity index (χ1n) is 10.1. The van der Waals surface area contributed by atoms with Gasteiger partial charge in [0.05, 0.1) is 31.2 Å². The number of thiocarbonyl (C=S) groups is 1. The number of benzene rings is 1. The second kappa shape index (κ2) is 9.48. The van der Waals surface area contributed by atoms with E-state index in [-0.39, 0.29) is 0 Å². The second-order valence-corrected chi connectivity index (χ2v) is 7.19. The highest BCUT2D eigenvalue weighted by Crippen LogP contribution is 2.20. The Hall–Kier alpha value is -3.59. The lowest BCUT2D eigenvalue weighted by atomic mass is 10.2. The van der Waals surface area contributed by atoms with Crippen LogP contribution in [-0.2, 0) is 6.54 Å². The SMILES string of the molecule is CCNC(=S)Nc1ccc2ncc(-c3cnn(Cc4cccc(OCC)c4)c3)nc2n1. The quantitative estimate of drug-likeness (QED) is 0.427. The molecule has 0 saturated heterocycles. The van der Waals surface area contributed by atoms with Crippen molar-refractivity contribution in [3.05, 3.63) is 60.6 Å². The number of nitrogens with one attached hydrogen (secondary N) is 2. The van der Waals surface area contributed by atoms with Crippen LogP contribution in [0.25, 0.3) is 22.4 Å². The van der Waals surface area contributed by atoms with Gasteiger partial charge >= 0.3 is 0 Å².